The van der Waals surface area contributed by atoms with E-state index >= 15 is 0 Å². The van der Waals surface area contributed by atoms with E-state index in [0.717, 1.165) is 42.6 Å². The van der Waals surface area contributed by atoms with Gasteiger partial charge in [0.25, 0.3) is 0 Å². The molecule has 0 N–H and O–H groups in total. The summed E-state index contributed by atoms with van der Waals surface area (Å²) in [6, 6.07) is 12.0. The number of benzene rings is 1. The van der Waals surface area contributed by atoms with Gasteiger partial charge in [-0.25, -0.2) is 4.98 Å². The smallest absolute Gasteiger partial charge is 0.128 e. The Hall–Kier alpha value is -1.45. The molecule has 0 spiro atoms. The van der Waals surface area contributed by atoms with E-state index in [4.69, 9.17) is 23.2 Å². The Kier molecular flexibility index (Phi) is 4.51. The summed E-state index contributed by atoms with van der Waals surface area (Å²) in [4.78, 5) is 9.10. The zero-order valence-corrected chi connectivity index (χ0v) is 13.2. The van der Waals surface area contributed by atoms with Crippen molar-refractivity contribution in [2.45, 2.75) is 5.88 Å². The number of piperazine rings is 1. The summed E-state index contributed by atoms with van der Waals surface area (Å²) in [5, 5.41) is 0.738. The van der Waals surface area contributed by atoms with Crippen LogP contribution in [0.1, 0.15) is 5.56 Å². The second-order valence-electron chi connectivity index (χ2n) is 5.07. The normalized spacial score (nSPS) is 15.3. The molecule has 2 aromatic rings. The number of hydrogen-bond acceptors (Lipinski definition) is 3. The number of rotatable bonds is 3. The Labute approximate surface area is 135 Å². The van der Waals surface area contributed by atoms with E-state index in [1.165, 1.54) is 5.69 Å². The van der Waals surface area contributed by atoms with Crippen LogP contribution in [0.2, 0.25) is 5.02 Å². The maximum atomic E-state index is 6.04. The highest BCUT2D eigenvalue weighted by molar-refractivity contribution is 6.30. The molecule has 0 radical (unpaired) electrons. The molecule has 1 aromatic carbocycles. The predicted octanol–water partition coefficient (Wildman–Crippen LogP) is 3.80. The Morgan fingerprint density at radius 2 is 1.76 bits per heavy atom. The zero-order chi connectivity index (χ0) is 14.7. The summed E-state index contributed by atoms with van der Waals surface area (Å²) in [6.45, 7) is 3.84. The summed E-state index contributed by atoms with van der Waals surface area (Å²) in [5.74, 6) is 1.53. The lowest BCUT2D eigenvalue weighted by molar-refractivity contribution is 0.646. The van der Waals surface area contributed by atoms with Gasteiger partial charge in [0.1, 0.15) is 5.82 Å². The van der Waals surface area contributed by atoms with Crippen LogP contribution in [-0.2, 0) is 5.88 Å². The van der Waals surface area contributed by atoms with E-state index in [9.17, 15) is 0 Å². The van der Waals surface area contributed by atoms with Gasteiger partial charge >= 0.3 is 0 Å². The van der Waals surface area contributed by atoms with Crippen molar-refractivity contribution in [3.63, 3.8) is 0 Å². The first-order valence-corrected chi connectivity index (χ1v) is 7.94. The quantitative estimate of drug-likeness (QED) is 0.801. The Morgan fingerprint density at radius 1 is 1.00 bits per heavy atom. The van der Waals surface area contributed by atoms with Crippen LogP contribution in [0.25, 0.3) is 0 Å². The highest BCUT2D eigenvalue weighted by Gasteiger charge is 2.19. The minimum atomic E-state index is 0.482. The molecule has 0 unspecified atom stereocenters. The van der Waals surface area contributed by atoms with E-state index in [-0.39, 0.29) is 0 Å². The van der Waals surface area contributed by atoms with Crippen LogP contribution in [0.15, 0.2) is 42.6 Å². The molecule has 0 atom stereocenters. The second kappa shape index (κ2) is 6.54. The van der Waals surface area contributed by atoms with Crippen LogP contribution in [0, 0.1) is 0 Å². The van der Waals surface area contributed by atoms with Crippen LogP contribution >= 0.6 is 23.2 Å². The third-order valence-electron chi connectivity index (χ3n) is 3.78. The molecule has 1 aromatic heterocycles. The van der Waals surface area contributed by atoms with Crippen molar-refractivity contribution >= 4 is 34.7 Å². The van der Waals surface area contributed by atoms with E-state index in [2.05, 4.69) is 26.9 Å². The van der Waals surface area contributed by atoms with E-state index in [0.29, 0.717) is 5.88 Å². The molecule has 21 heavy (non-hydrogen) atoms. The van der Waals surface area contributed by atoms with Crippen LogP contribution < -0.4 is 9.80 Å². The molecule has 0 aliphatic carbocycles. The van der Waals surface area contributed by atoms with Crippen molar-refractivity contribution in [3.05, 3.63) is 53.2 Å². The van der Waals surface area contributed by atoms with Crippen molar-refractivity contribution < 1.29 is 0 Å². The molecule has 3 nitrogen and oxygen atoms in total. The molecular weight excluding hydrogens is 305 g/mol. The number of nitrogens with zero attached hydrogens (tertiary/aromatic N) is 3. The van der Waals surface area contributed by atoms with Crippen molar-refractivity contribution in [1.29, 1.82) is 0 Å². The fourth-order valence-electron chi connectivity index (χ4n) is 2.69. The third kappa shape index (κ3) is 3.25. The lowest BCUT2D eigenvalue weighted by atomic mass is 10.1. The van der Waals surface area contributed by atoms with Gasteiger partial charge in [0.15, 0.2) is 0 Å². The van der Waals surface area contributed by atoms with Crippen molar-refractivity contribution in [1.82, 2.24) is 4.98 Å². The van der Waals surface area contributed by atoms with Gasteiger partial charge in [0, 0.05) is 49.0 Å². The molecule has 0 bridgehead atoms. The minimum absolute atomic E-state index is 0.482. The van der Waals surface area contributed by atoms with Crippen LogP contribution in [0.4, 0.5) is 11.5 Å². The topological polar surface area (TPSA) is 19.4 Å². The number of anilines is 2. The minimum Gasteiger partial charge on any atom is -0.368 e. The molecule has 3 rings (SSSR count). The van der Waals surface area contributed by atoms with Gasteiger partial charge in [-0.1, -0.05) is 17.7 Å². The number of halogens is 2. The van der Waals surface area contributed by atoms with Crippen molar-refractivity contribution in [2.24, 2.45) is 0 Å². The molecule has 5 heteroatoms. The first kappa shape index (κ1) is 14.5. The fourth-order valence-corrected chi connectivity index (χ4v) is 3.10. The number of pyridine rings is 1. The summed E-state index contributed by atoms with van der Waals surface area (Å²) in [5.41, 5.74) is 2.28. The van der Waals surface area contributed by atoms with Gasteiger partial charge in [0.2, 0.25) is 0 Å². The lowest BCUT2D eigenvalue weighted by Crippen LogP contribution is -2.47. The van der Waals surface area contributed by atoms with Gasteiger partial charge in [0.05, 0.1) is 0 Å². The fraction of sp³-hybridized carbons (Fsp3) is 0.312. The molecule has 2 heterocycles. The average molecular weight is 322 g/mol. The van der Waals surface area contributed by atoms with E-state index in [1.807, 2.05) is 30.5 Å². The molecule has 0 amide bonds. The van der Waals surface area contributed by atoms with Crippen molar-refractivity contribution in [3.8, 4) is 0 Å². The lowest BCUT2D eigenvalue weighted by Gasteiger charge is -2.37. The van der Waals surface area contributed by atoms with Crippen LogP contribution in [0.3, 0.4) is 0 Å². The van der Waals surface area contributed by atoms with Crippen LogP contribution in [0.5, 0.6) is 0 Å². The van der Waals surface area contributed by atoms with Gasteiger partial charge in [-0.05, 0) is 35.9 Å². The van der Waals surface area contributed by atoms with Crippen molar-refractivity contribution in [2.75, 3.05) is 36.0 Å². The van der Waals surface area contributed by atoms with Gasteiger partial charge in [-0.2, -0.15) is 0 Å². The highest BCUT2D eigenvalue weighted by atomic mass is 35.5. The monoisotopic (exact) mass is 321 g/mol. The molecule has 1 aliphatic rings. The summed E-state index contributed by atoms with van der Waals surface area (Å²) < 4.78 is 0. The number of aromatic nitrogens is 1. The molecule has 1 fully saturated rings. The molecule has 1 saturated heterocycles. The highest BCUT2D eigenvalue weighted by Crippen LogP contribution is 2.27. The van der Waals surface area contributed by atoms with Gasteiger partial charge in [-0.3, -0.25) is 0 Å². The molecule has 0 saturated carbocycles. The van der Waals surface area contributed by atoms with E-state index < -0.39 is 0 Å². The summed E-state index contributed by atoms with van der Waals surface area (Å²) in [7, 11) is 0. The Bertz CT molecular complexity index is 596. The Balaban J connectivity index is 1.71. The molecule has 1 aliphatic heterocycles. The number of alkyl halides is 1. The average Bonchev–Trinajstić information content (AvgIpc) is 2.56. The summed E-state index contributed by atoms with van der Waals surface area (Å²) in [6.07, 6.45) is 1.84. The van der Waals surface area contributed by atoms with Gasteiger partial charge in [-0.15, -0.1) is 11.6 Å². The van der Waals surface area contributed by atoms with Gasteiger partial charge < -0.3 is 9.80 Å². The molecule has 110 valence electrons. The maximum Gasteiger partial charge on any atom is 0.128 e. The van der Waals surface area contributed by atoms with Crippen LogP contribution in [-0.4, -0.2) is 31.2 Å². The second-order valence-corrected chi connectivity index (χ2v) is 5.77. The first-order chi connectivity index (χ1) is 10.3. The standard InChI is InChI=1S/C16H17Cl2N3/c17-12-13-11-14(18)4-5-15(13)20-7-9-21(10-8-20)16-3-1-2-6-19-16/h1-6,11H,7-10,12H2. The number of hydrogen-bond donors (Lipinski definition) is 0. The predicted molar refractivity (Wildman–Crippen MR) is 89.7 cm³/mol. The van der Waals surface area contributed by atoms with E-state index in [1.54, 1.807) is 0 Å². The first-order valence-electron chi connectivity index (χ1n) is 7.03. The zero-order valence-electron chi connectivity index (χ0n) is 11.7. The largest absolute Gasteiger partial charge is 0.368 e. The Morgan fingerprint density at radius 3 is 2.43 bits per heavy atom. The SMILES string of the molecule is ClCc1cc(Cl)ccc1N1CCN(c2ccccn2)CC1. The third-order valence-corrected chi connectivity index (χ3v) is 4.30. The maximum absolute atomic E-state index is 6.04. The molecular formula is C16H17Cl2N3. The summed E-state index contributed by atoms with van der Waals surface area (Å²) >= 11 is 12.1.